The number of hydrogen-bond acceptors (Lipinski definition) is 3. The van der Waals surface area contributed by atoms with E-state index in [0.29, 0.717) is 11.8 Å². The van der Waals surface area contributed by atoms with Crippen molar-refractivity contribution in [3.05, 3.63) is 28.2 Å². The zero-order valence-electron chi connectivity index (χ0n) is 10.7. The summed E-state index contributed by atoms with van der Waals surface area (Å²) in [5, 5.41) is 13.6. The Morgan fingerprint density at radius 2 is 2.17 bits per heavy atom. The van der Waals surface area contributed by atoms with Crippen molar-refractivity contribution < 1.29 is 9.84 Å². The van der Waals surface area contributed by atoms with Crippen molar-refractivity contribution in [2.45, 2.75) is 38.3 Å². The van der Waals surface area contributed by atoms with Gasteiger partial charge in [-0.05, 0) is 37.5 Å². The maximum absolute atomic E-state index is 9.98. The summed E-state index contributed by atoms with van der Waals surface area (Å²) in [6.07, 6.45) is 3.05. The van der Waals surface area contributed by atoms with E-state index in [1.54, 1.807) is 6.07 Å². The summed E-state index contributed by atoms with van der Waals surface area (Å²) in [6, 6.07) is 6.29. The van der Waals surface area contributed by atoms with E-state index in [0.717, 1.165) is 42.5 Å². The number of aromatic hydroxyl groups is 1. The van der Waals surface area contributed by atoms with Crippen molar-refractivity contribution in [2.75, 3.05) is 13.2 Å². The summed E-state index contributed by atoms with van der Waals surface area (Å²) in [7, 11) is 0. The lowest BCUT2D eigenvalue weighted by molar-refractivity contribution is 0.0746. The fourth-order valence-corrected chi connectivity index (χ4v) is 2.76. The molecule has 0 bridgehead atoms. The van der Waals surface area contributed by atoms with E-state index in [4.69, 9.17) is 4.74 Å². The molecule has 1 unspecified atom stereocenters. The van der Waals surface area contributed by atoms with Gasteiger partial charge >= 0.3 is 0 Å². The first-order valence-electron chi connectivity index (χ1n) is 6.53. The van der Waals surface area contributed by atoms with Gasteiger partial charge in [0.25, 0.3) is 0 Å². The summed E-state index contributed by atoms with van der Waals surface area (Å²) in [4.78, 5) is 0. The molecule has 1 heterocycles. The van der Waals surface area contributed by atoms with Crippen LogP contribution in [0.15, 0.2) is 22.7 Å². The predicted octanol–water partition coefficient (Wildman–Crippen LogP) is 3.37. The quantitative estimate of drug-likeness (QED) is 0.895. The third-order valence-electron chi connectivity index (χ3n) is 3.43. The number of nitrogens with one attached hydrogen (secondary N) is 1. The van der Waals surface area contributed by atoms with Crippen LogP contribution in [0.3, 0.4) is 0 Å². The summed E-state index contributed by atoms with van der Waals surface area (Å²) < 4.78 is 6.37. The summed E-state index contributed by atoms with van der Waals surface area (Å²) in [6.45, 7) is 3.80. The molecule has 1 aliphatic rings. The van der Waals surface area contributed by atoms with Gasteiger partial charge in [0.15, 0.2) is 0 Å². The van der Waals surface area contributed by atoms with Crippen molar-refractivity contribution in [2.24, 2.45) is 0 Å². The van der Waals surface area contributed by atoms with Crippen molar-refractivity contribution in [1.29, 1.82) is 0 Å². The molecule has 1 fully saturated rings. The minimum atomic E-state index is 0.200. The average Bonchev–Trinajstić information content (AvgIpc) is 2.40. The Balaban J connectivity index is 2.09. The largest absolute Gasteiger partial charge is 0.508 e. The van der Waals surface area contributed by atoms with Gasteiger partial charge < -0.3 is 15.2 Å². The van der Waals surface area contributed by atoms with Crippen molar-refractivity contribution in [3.8, 4) is 5.75 Å². The van der Waals surface area contributed by atoms with Gasteiger partial charge in [-0.1, -0.05) is 22.9 Å². The standard InChI is InChI=1S/C14H20BrNO2/c1-2-13(16-11-5-7-18-8-6-11)12-9-10(15)3-4-14(12)17/h3-4,9,11,13,16-17H,2,5-8H2,1H3. The second-order valence-corrected chi connectivity index (χ2v) is 5.63. The SMILES string of the molecule is CCC(NC1CCOCC1)c1cc(Br)ccc1O. The van der Waals surface area contributed by atoms with E-state index in [9.17, 15) is 5.11 Å². The number of phenols is 1. The van der Waals surface area contributed by atoms with E-state index < -0.39 is 0 Å². The smallest absolute Gasteiger partial charge is 0.120 e. The minimum Gasteiger partial charge on any atom is -0.508 e. The highest BCUT2D eigenvalue weighted by atomic mass is 79.9. The Morgan fingerprint density at radius 3 is 2.83 bits per heavy atom. The fraction of sp³-hybridized carbons (Fsp3) is 0.571. The summed E-state index contributed by atoms with van der Waals surface area (Å²) in [5.74, 6) is 0.365. The average molecular weight is 314 g/mol. The molecule has 1 atom stereocenters. The number of hydrogen-bond donors (Lipinski definition) is 2. The van der Waals surface area contributed by atoms with Gasteiger partial charge in [0, 0.05) is 35.3 Å². The third kappa shape index (κ3) is 3.46. The molecular weight excluding hydrogens is 294 g/mol. The Morgan fingerprint density at radius 1 is 1.44 bits per heavy atom. The molecular formula is C14H20BrNO2. The number of phenolic OH excluding ortho intramolecular Hbond substituents is 1. The van der Waals surface area contributed by atoms with Gasteiger partial charge in [0.1, 0.15) is 5.75 Å². The molecule has 0 spiro atoms. The zero-order chi connectivity index (χ0) is 13.0. The summed E-state index contributed by atoms with van der Waals surface area (Å²) >= 11 is 3.46. The minimum absolute atomic E-state index is 0.200. The Bertz CT molecular complexity index is 391. The number of rotatable bonds is 4. The number of halogens is 1. The molecule has 4 heteroatoms. The van der Waals surface area contributed by atoms with Crippen LogP contribution in [0.1, 0.15) is 37.8 Å². The summed E-state index contributed by atoms with van der Waals surface area (Å²) in [5.41, 5.74) is 0.971. The molecule has 2 N–H and O–H groups in total. The van der Waals surface area contributed by atoms with Crippen molar-refractivity contribution >= 4 is 15.9 Å². The van der Waals surface area contributed by atoms with E-state index in [-0.39, 0.29) is 6.04 Å². The molecule has 3 nitrogen and oxygen atoms in total. The highest BCUT2D eigenvalue weighted by Gasteiger charge is 2.20. The maximum Gasteiger partial charge on any atom is 0.120 e. The molecule has 0 amide bonds. The Labute approximate surface area is 117 Å². The first-order chi connectivity index (χ1) is 8.70. The van der Waals surface area contributed by atoms with Crippen LogP contribution in [0.25, 0.3) is 0 Å². The lowest BCUT2D eigenvalue weighted by atomic mass is 10.00. The zero-order valence-corrected chi connectivity index (χ0v) is 12.2. The van der Waals surface area contributed by atoms with E-state index >= 15 is 0 Å². The normalized spacial score (nSPS) is 18.8. The molecule has 0 saturated carbocycles. The first kappa shape index (κ1) is 13.8. The second kappa shape index (κ2) is 6.55. The lowest BCUT2D eigenvalue weighted by Gasteiger charge is -2.28. The molecule has 0 aliphatic carbocycles. The topological polar surface area (TPSA) is 41.5 Å². The van der Waals surface area contributed by atoms with Crippen LogP contribution in [0.4, 0.5) is 0 Å². The van der Waals surface area contributed by atoms with Crippen molar-refractivity contribution in [3.63, 3.8) is 0 Å². The number of benzene rings is 1. The van der Waals surface area contributed by atoms with Gasteiger partial charge in [-0.2, -0.15) is 0 Å². The third-order valence-corrected chi connectivity index (χ3v) is 3.92. The molecule has 0 aromatic heterocycles. The maximum atomic E-state index is 9.98. The Kier molecular flexibility index (Phi) is 5.03. The molecule has 100 valence electrons. The number of ether oxygens (including phenoxy) is 1. The molecule has 1 aromatic rings. The molecule has 1 aromatic carbocycles. The molecule has 0 radical (unpaired) electrons. The van der Waals surface area contributed by atoms with Crippen LogP contribution >= 0.6 is 15.9 Å². The van der Waals surface area contributed by atoms with Gasteiger partial charge in [0.2, 0.25) is 0 Å². The van der Waals surface area contributed by atoms with Gasteiger partial charge in [-0.3, -0.25) is 0 Å². The first-order valence-corrected chi connectivity index (χ1v) is 7.32. The van der Waals surface area contributed by atoms with Crippen LogP contribution in [-0.2, 0) is 4.74 Å². The predicted molar refractivity (Wildman–Crippen MR) is 75.8 cm³/mol. The lowest BCUT2D eigenvalue weighted by Crippen LogP contribution is -2.37. The second-order valence-electron chi connectivity index (χ2n) is 4.72. The van der Waals surface area contributed by atoms with Crippen LogP contribution in [0.2, 0.25) is 0 Å². The molecule has 1 saturated heterocycles. The monoisotopic (exact) mass is 313 g/mol. The van der Waals surface area contributed by atoms with Crippen LogP contribution < -0.4 is 5.32 Å². The van der Waals surface area contributed by atoms with E-state index in [1.165, 1.54) is 0 Å². The van der Waals surface area contributed by atoms with Gasteiger partial charge in [-0.15, -0.1) is 0 Å². The van der Waals surface area contributed by atoms with Gasteiger partial charge in [-0.25, -0.2) is 0 Å². The van der Waals surface area contributed by atoms with Gasteiger partial charge in [0.05, 0.1) is 0 Å². The molecule has 18 heavy (non-hydrogen) atoms. The van der Waals surface area contributed by atoms with E-state index in [2.05, 4.69) is 28.2 Å². The Hall–Kier alpha value is -0.580. The van der Waals surface area contributed by atoms with Crippen LogP contribution in [0, 0.1) is 0 Å². The highest BCUT2D eigenvalue weighted by Crippen LogP contribution is 2.30. The fourth-order valence-electron chi connectivity index (χ4n) is 2.38. The molecule has 1 aliphatic heterocycles. The van der Waals surface area contributed by atoms with Crippen LogP contribution in [0.5, 0.6) is 5.75 Å². The highest BCUT2D eigenvalue weighted by molar-refractivity contribution is 9.10. The van der Waals surface area contributed by atoms with Crippen molar-refractivity contribution in [1.82, 2.24) is 5.32 Å². The molecule has 2 rings (SSSR count). The van der Waals surface area contributed by atoms with E-state index in [1.807, 2.05) is 12.1 Å². The van der Waals surface area contributed by atoms with Crippen LogP contribution in [-0.4, -0.2) is 24.4 Å².